The number of aromatic hydroxyl groups is 1. The molecule has 0 atom stereocenters. The van der Waals surface area contributed by atoms with Crippen molar-refractivity contribution in [2.45, 2.75) is 45.4 Å². The van der Waals surface area contributed by atoms with E-state index in [1.165, 1.54) is 6.07 Å². The van der Waals surface area contributed by atoms with Crippen molar-refractivity contribution in [3.8, 4) is 5.75 Å². The summed E-state index contributed by atoms with van der Waals surface area (Å²) in [6.07, 6.45) is 4.17. The number of piperidine rings is 1. The lowest BCUT2D eigenvalue weighted by Crippen LogP contribution is -2.37. The van der Waals surface area contributed by atoms with E-state index in [1.807, 2.05) is 11.8 Å². The molecule has 1 amide bonds. The first kappa shape index (κ1) is 18.2. The fraction of sp³-hybridized carbons (Fsp3) is 0.429. The number of likely N-dealkylation sites (tertiary alicyclic amines) is 1. The SMILES string of the molecule is C=CCc1c(O)ccc2c(=O)c(C)c(C3CCN(C(=O)CC)CC3)oc12. The fourth-order valence-corrected chi connectivity index (χ4v) is 3.76. The van der Waals surface area contributed by atoms with E-state index < -0.39 is 0 Å². The van der Waals surface area contributed by atoms with Crippen molar-refractivity contribution in [1.82, 2.24) is 4.90 Å². The van der Waals surface area contributed by atoms with Gasteiger partial charge in [0.2, 0.25) is 5.91 Å². The lowest BCUT2D eigenvalue weighted by molar-refractivity contribution is -0.131. The van der Waals surface area contributed by atoms with Crippen LogP contribution in [0.4, 0.5) is 0 Å². The molecule has 2 aromatic rings. The van der Waals surface area contributed by atoms with Crippen LogP contribution >= 0.6 is 0 Å². The normalized spacial score (nSPS) is 15.4. The molecular weight excluding hydrogens is 330 g/mol. The molecule has 5 nitrogen and oxygen atoms in total. The highest BCUT2D eigenvalue weighted by Crippen LogP contribution is 2.34. The van der Waals surface area contributed by atoms with Crippen LogP contribution < -0.4 is 5.43 Å². The standard InChI is InChI=1S/C21H25NO4/c1-4-6-15-17(23)8-7-16-19(25)13(3)20(26-21(15)16)14-9-11-22(12-10-14)18(24)5-2/h4,7-8,14,23H,1,5-6,9-12H2,2-3H3. The molecule has 26 heavy (non-hydrogen) atoms. The number of amides is 1. The van der Waals surface area contributed by atoms with Crippen LogP contribution in [0, 0.1) is 6.92 Å². The number of nitrogens with zero attached hydrogens (tertiary/aromatic N) is 1. The molecule has 0 radical (unpaired) electrons. The van der Waals surface area contributed by atoms with Gasteiger partial charge in [-0.1, -0.05) is 13.0 Å². The minimum absolute atomic E-state index is 0.0568. The number of fused-ring (bicyclic) bond motifs is 1. The maximum atomic E-state index is 12.8. The molecule has 0 spiro atoms. The molecule has 0 unspecified atom stereocenters. The van der Waals surface area contributed by atoms with E-state index in [-0.39, 0.29) is 23.0 Å². The highest BCUT2D eigenvalue weighted by molar-refractivity contribution is 5.83. The molecule has 1 saturated heterocycles. The predicted octanol–water partition coefficient (Wildman–Crippen LogP) is 3.65. The van der Waals surface area contributed by atoms with Crippen molar-refractivity contribution in [1.29, 1.82) is 0 Å². The maximum Gasteiger partial charge on any atom is 0.222 e. The first-order valence-corrected chi connectivity index (χ1v) is 9.14. The number of phenols is 1. The van der Waals surface area contributed by atoms with Crippen molar-refractivity contribution in [3.05, 3.63) is 51.9 Å². The molecule has 5 heteroatoms. The number of hydrogen-bond donors (Lipinski definition) is 1. The summed E-state index contributed by atoms with van der Waals surface area (Å²) in [5, 5.41) is 10.7. The van der Waals surface area contributed by atoms with E-state index >= 15 is 0 Å². The zero-order valence-corrected chi connectivity index (χ0v) is 15.4. The summed E-state index contributed by atoms with van der Waals surface area (Å²) in [6.45, 7) is 8.74. The number of carbonyl (C=O) groups excluding carboxylic acids is 1. The highest BCUT2D eigenvalue weighted by Gasteiger charge is 2.27. The van der Waals surface area contributed by atoms with E-state index in [0.29, 0.717) is 53.8 Å². The number of phenolic OH excluding ortho intramolecular Hbond substituents is 1. The largest absolute Gasteiger partial charge is 0.508 e. The quantitative estimate of drug-likeness (QED) is 0.850. The molecule has 2 heterocycles. The smallest absolute Gasteiger partial charge is 0.222 e. The molecule has 138 valence electrons. The number of carbonyl (C=O) groups is 1. The van der Waals surface area contributed by atoms with Crippen LogP contribution in [0.3, 0.4) is 0 Å². The average molecular weight is 355 g/mol. The third-order valence-electron chi connectivity index (χ3n) is 5.27. The molecular formula is C21H25NO4. The molecule has 1 aliphatic heterocycles. The van der Waals surface area contributed by atoms with Gasteiger partial charge in [-0.15, -0.1) is 6.58 Å². The first-order valence-electron chi connectivity index (χ1n) is 9.14. The zero-order valence-electron chi connectivity index (χ0n) is 15.4. The molecule has 1 fully saturated rings. The Kier molecular flexibility index (Phi) is 5.16. The van der Waals surface area contributed by atoms with Crippen LogP contribution in [0.5, 0.6) is 5.75 Å². The van der Waals surface area contributed by atoms with Gasteiger partial charge in [-0.05, 0) is 38.3 Å². The highest BCUT2D eigenvalue weighted by atomic mass is 16.3. The Balaban J connectivity index is 2.03. The second-order valence-corrected chi connectivity index (χ2v) is 6.86. The third-order valence-corrected chi connectivity index (χ3v) is 5.27. The van der Waals surface area contributed by atoms with Gasteiger partial charge < -0.3 is 14.4 Å². The molecule has 1 aromatic heterocycles. The summed E-state index contributed by atoms with van der Waals surface area (Å²) in [5.74, 6) is 1.06. The van der Waals surface area contributed by atoms with Crippen LogP contribution in [0.15, 0.2) is 34.0 Å². The Morgan fingerprint density at radius 2 is 2.08 bits per heavy atom. The van der Waals surface area contributed by atoms with Crippen LogP contribution in [0.25, 0.3) is 11.0 Å². The summed E-state index contributed by atoms with van der Waals surface area (Å²) >= 11 is 0. The third kappa shape index (κ3) is 3.14. The Bertz CT molecular complexity index is 904. The van der Waals surface area contributed by atoms with Gasteiger partial charge in [0.1, 0.15) is 17.1 Å². The van der Waals surface area contributed by atoms with Gasteiger partial charge in [-0.2, -0.15) is 0 Å². The second-order valence-electron chi connectivity index (χ2n) is 6.86. The van der Waals surface area contributed by atoms with Gasteiger partial charge in [0.05, 0.1) is 5.39 Å². The molecule has 3 rings (SSSR count). The monoisotopic (exact) mass is 355 g/mol. The van der Waals surface area contributed by atoms with Crippen LogP contribution in [0.2, 0.25) is 0 Å². The van der Waals surface area contributed by atoms with Crippen molar-refractivity contribution >= 4 is 16.9 Å². The molecule has 1 aromatic carbocycles. The molecule has 1 N–H and O–H groups in total. The van der Waals surface area contributed by atoms with Crippen molar-refractivity contribution in [2.24, 2.45) is 0 Å². The summed E-state index contributed by atoms with van der Waals surface area (Å²) in [6, 6.07) is 3.15. The maximum absolute atomic E-state index is 12.8. The average Bonchev–Trinajstić information content (AvgIpc) is 2.66. The zero-order chi connectivity index (χ0) is 18.8. The van der Waals surface area contributed by atoms with Gasteiger partial charge in [0.25, 0.3) is 0 Å². The van der Waals surface area contributed by atoms with Gasteiger partial charge >= 0.3 is 0 Å². The van der Waals surface area contributed by atoms with Crippen LogP contribution in [-0.2, 0) is 11.2 Å². The van der Waals surface area contributed by atoms with Crippen molar-refractivity contribution in [3.63, 3.8) is 0 Å². The Labute approximate surface area is 152 Å². The second kappa shape index (κ2) is 7.36. The molecule has 0 aliphatic carbocycles. The number of hydrogen-bond acceptors (Lipinski definition) is 4. The fourth-order valence-electron chi connectivity index (χ4n) is 3.76. The summed E-state index contributed by atoms with van der Waals surface area (Å²) < 4.78 is 6.19. The minimum Gasteiger partial charge on any atom is -0.508 e. The van der Waals surface area contributed by atoms with E-state index in [2.05, 4.69) is 6.58 Å². The summed E-state index contributed by atoms with van der Waals surface area (Å²) in [5.41, 5.74) is 1.60. The first-order chi connectivity index (χ1) is 12.5. The van der Waals surface area contributed by atoms with Crippen LogP contribution in [0.1, 0.15) is 49.0 Å². The molecule has 0 bridgehead atoms. The molecule has 1 aliphatic rings. The lowest BCUT2D eigenvalue weighted by Gasteiger charge is -2.32. The summed E-state index contributed by atoms with van der Waals surface area (Å²) in [7, 11) is 0. The topological polar surface area (TPSA) is 70.8 Å². The number of benzene rings is 1. The number of rotatable bonds is 4. The predicted molar refractivity (Wildman–Crippen MR) is 102 cm³/mol. The van der Waals surface area contributed by atoms with Crippen molar-refractivity contribution < 1.29 is 14.3 Å². The van der Waals surface area contributed by atoms with Crippen LogP contribution in [-0.4, -0.2) is 29.0 Å². The Hall–Kier alpha value is -2.56. The summed E-state index contributed by atoms with van der Waals surface area (Å²) in [4.78, 5) is 26.6. The van der Waals surface area contributed by atoms with Gasteiger partial charge in [0.15, 0.2) is 5.43 Å². The Morgan fingerprint density at radius 1 is 1.38 bits per heavy atom. The van der Waals surface area contributed by atoms with E-state index in [9.17, 15) is 14.7 Å². The number of allylic oxidation sites excluding steroid dienone is 1. The van der Waals surface area contributed by atoms with Crippen molar-refractivity contribution in [2.75, 3.05) is 13.1 Å². The lowest BCUT2D eigenvalue weighted by atomic mass is 9.90. The van der Waals surface area contributed by atoms with E-state index in [1.54, 1.807) is 19.1 Å². The minimum atomic E-state index is -0.0568. The van der Waals surface area contributed by atoms with E-state index in [0.717, 1.165) is 12.8 Å². The Morgan fingerprint density at radius 3 is 2.69 bits per heavy atom. The van der Waals surface area contributed by atoms with Gasteiger partial charge in [0, 0.05) is 36.6 Å². The van der Waals surface area contributed by atoms with Gasteiger partial charge in [-0.25, -0.2) is 0 Å². The molecule has 0 saturated carbocycles. The van der Waals surface area contributed by atoms with E-state index in [4.69, 9.17) is 4.42 Å². The van der Waals surface area contributed by atoms with Gasteiger partial charge in [-0.3, -0.25) is 9.59 Å².